The van der Waals surface area contributed by atoms with Crippen LogP contribution in [0, 0.1) is 0 Å². The number of benzene rings is 5. The first-order chi connectivity index (χ1) is 19.8. The van der Waals surface area contributed by atoms with Crippen molar-refractivity contribution in [3.63, 3.8) is 0 Å². The fourth-order valence-corrected chi connectivity index (χ4v) is 7.20. The van der Waals surface area contributed by atoms with Crippen LogP contribution >= 0.6 is 0 Å². The number of rotatable bonds is 3. The van der Waals surface area contributed by atoms with E-state index in [1.54, 1.807) is 0 Å². The molecule has 40 heavy (non-hydrogen) atoms. The van der Waals surface area contributed by atoms with Crippen LogP contribution in [0.5, 0.6) is 0 Å². The molecule has 8 rings (SSSR count). The third-order valence-corrected chi connectivity index (χ3v) is 9.06. The molecular weight excluding hydrogens is 484 g/mol. The van der Waals surface area contributed by atoms with Gasteiger partial charge < -0.3 is 0 Å². The minimum atomic E-state index is 0.0838. The Hall–Kier alpha value is -4.56. The van der Waals surface area contributed by atoms with E-state index in [-0.39, 0.29) is 5.41 Å². The average Bonchev–Trinajstić information content (AvgIpc) is 3.29. The molecule has 2 nitrogen and oxygen atoms in total. The zero-order chi connectivity index (χ0) is 26.5. The standard InChI is InChI=1S/C38H30N2/c1-4-13-26(14-5-1)34-25-35(40-37(39-34)27-15-6-2-7-16-27)30-19-12-20-32-36(30)31-23-28-17-8-9-18-29(28)24-33(31)38(32)21-10-3-11-22-38/h1-2,4-9,12-20,23-25H,3,10-11,21-22H2. The van der Waals surface area contributed by atoms with E-state index in [0.29, 0.717) is 0 Å². The van der Waals surface area contributed by atoms with Crippen LogP contribution in [0.2, 0.25) is 0 Å². The van der Waals surface area contributed by atoms with Gasteiger partial charge in [0, 0.05) is 22.1 Å². The van der Waals surface area contributed by atoms with Gasteiger partial charge in [0.05, 0.1) is 11.4 Å². The molecule has 0 amide bonds. The molecule has 1 heterocycles. The van der Waals surface area contributed by atoms with Gasteiger partial charge in [-0.1, -0.05) is 122 Å². The largest absolute Gasteiger partial charge is 0.228 e. The van der Waals surface area contributed by atoms with E-state index in [1.807, 2.05) is 6.07 Å². The predicted molar refractivity (Wildman–Crippen MR) is 165 cm³/mol. The molecule has 0 bridgehead atoms. The molecule has 1 spiro atoms. The first-order valence-electron chi connectivity index (χ1n) is 14.5. The van der Waals surface area contributed by atoms with Crippen molar-refractivity contribution in [1.29, 1.82) is 0 Å². The number of aromatic nitrogens is 2. The summed E-state index contributed by atoms with van der Waals surface area (Å²) < 4.78 is 0. The summed E-state index contributed by atoms with van der Waals surface area (Å²) in [5, 5.41) is 2.63. The van der Waals surface area contributed by atoms with Crippen molar-refractivity contribution < 1.29 is 0 Å². The first kappa shape index (κ1) is 23.3. The van der Waals surface area contributed by atoms with Gasteiger partial charge in [0.15, 0.2) is 5.82 Å². The van der Waals surface area contributed by atoms with Crippen molar-refractivity contribution in [3.8, 4) is 45.0 Å². The summed E-state index contributed by atoms with van der Waals surface area (Å²) in [6.45, 7) is 0. The number of hydrogen-bond donors (Lipinski definition) is 0. The minimum absolute atomic E-state index is 0.0838. The van der Waals surface area contributed by atoms with Gasteiger partial charge >= 0.3 is 0 Å². The molecule has 0 N–H and O–H groups in total. The van der Waals surface area contributed by atoms with Crippen LogP contribution in [0.4, 0.5) is 0 Å². The Morgan fingerprint density at radius 1 is 0.475 bits per heavy atom. The molecule has 1 fully saturated rings. The summed E-state index contributed by atoms with van der Waals surface area (Å²) in [7, 11) is 0. The van der Waals surface area contributed by atoms with Crippen molar-refractivity contribution in [1.82, 2.24) is 9.97 Å². The Morgan fingerprint density at radius 2 is 1.12 bits per heavy atom. The lowest BCUT2D eigenvalue weighted by atomic mass is 9.67. The Labute approximate surface area is 235 Å². The summed E-state index contributed by atoms with van der Waals surface area (Å²) in [5.41, 5.74) is 11.1. The van der Waals surface area contributed by atoms with Gasteiger partial charge in [-0.2, -0.15) is 0 Å². The van der Waals surface area contributed by atoms with Crippen LogP contribution < -0.4 is 0 Å². The van der Waals surface area contributed by atoms with Crippen LogP contribution in [0.25, 0.3) is 55.8 Å². The maximum Gasteiger partial charge on any atom is 0.160 e. The van der Waals surface area contributed by atoms with Crippen LogP contribution in [0.15, 0.2) is 121 Å². The fourth-order valence-electron chi connectivity index (χ4n) is 7.20. The lowest BCUT2D eigenvalue weighted by Gasteiger charge is -2.36. The van der Waals surface area contributed by atoms with Crippen LogP contribution in [0.1, 0.15) is 43.2 Å². The molecule has 0 saturated heterocycles. The molecule has 2 aliphatic rings. The second kappa shape index (κ2) is 9.27. The molecule has 0 aliphatic heterocycles. The van der Waals surface area contributed by atoms with Gasteiger partial charge in [-0.05, 0) is 64.1 Å². The Bertz CT molecular complexity index is 1810. The number of nitrogens with zero attached hydrogens (tertiary/aromatic N) is 2. The van der Waals surface area contributed by atoms with Crippen molar-refractivity contribution in [3.05, 3.63) is 132 Å². The van der Waals surface area contributed by atoms with Gasteiger partial charge in [0.25, 0.3) is 0 Å². The number of fused-ring (bicyclic) bond motifs is 6. The SMILES string of the molecule is c1ccc(-c2cc(-c3cccc4c3-c3cc5ccccc5cc3C43CCCCC3)nc(-c3ccccc3)n2)cc1. The highest BCUT2D eigenvalue weighted by Gasteiger charge is 2.44. The van der Waals surface area contributed by atoms with Crippen LogP contribution in [-0.2, 0) is 5.41 Å². The average molecular weight is 515 g/mol. The van der Waals surface area contributed by atoms with E-state index in [0.717, 1.165) is 28.3 Å². The molecule has 0 radical (unpaired) electrons. The lowest BCUT2D eigenvalue weighted by molar-refractivity contribution is 0.353. The van der Waals surface area contributed by atoms with Crippen molar-refractivity contribution in [2.75, 3.05) is 0 Å². The van der Waals surface area contributed by atoms with E-state index in [2.05, 4.69) is 115 Å². The highest BCUT2D eigenvalue weighted by atomic mass is 14.9. The Morgan fingerprint density at radius 3 is 1.88 bits per heavy atom. The highest BCUT2D eigenvalue weighted by molar-refractivity contribution is 5.98. The summed E-state index contributed by atoms with van der Waals surface area (Å²) >= 11 is 0. The quantitative estimate of drug-likeness (QED) is 0.235. The van der Waals surface area contributed by atoms with E-state index >= 15 is 0 Å². The molecule has 0 atom stereocenters. The predicted octanol–water partition coefficient (Wildman–Crippen LogP) is 9.86. The van der Waals surface area contributed by atoms with E-state index < -0.39 is 0 Å². The normalized spacial score (nSPS) is 15.2. The third-order valence-electron chi connectivity index (χ3n) is 9.06. The maximum atomic E-state index is 5.23. The Balaban J connectivity index is 1.41. The zero-order valence-electron chi connectivity index (χ0n) is 22.5. The lowest BCUT2D eigenvalue weighted by Crippen LogP contribution is -2.28. The fraction of sp³-hybridized carbons (Fsp3) is 0.158. The van der Waals surface area contributed by atoms with Gasteiger partial charge in [-0.3, -0.25) is 0 Å². The van der Waals surface area contributed by atoms with E-state index in [1.165, 1.54) is 70.7 Å². The van der Waals surface area contributed by atoms with E-state index in [4.69, 9.17) is 9.97 Å². The molecule has 2 aliphatic carbocycles. The van der Waals surface area contributed by atoms with Gasteiger partial charge in [0.2, 0.25) is 0 Å². The summed E-state index contributed by atoms with van der Waals surface area (Å²) in [4.78, 5) is 10.3. The highest BCUT2D eigenvalue weighted by Crippen LogP contribution is 2.58. The summed E-state index contributed by atoms with van der Waals surface area (Å²) in [5.74, 6) is 0.763. The maximum absolute atomic E-state index is 5.23. The molecule has 6 aromatic rings. The number of hydrogen-bond acceptors (Lipinski definition) is 2. The monoisotopic (exact) mass is 514 g/mol. The second-order valence-electron chi connectivity index (χ2n) is 11.3. The Kier molecular flexibility index (Phi) is 5.41. The molecule has 192 valence electrons. The molecule has 5 aromatic carbocycles. The van der Waals surface area contributed by atoms with E-state index in [9.17, 15) is 0 Å². The first-order valence-corrected chi connectivity index (χ1v) is 14.5. The molecular formula is C38H30N2. The van der Waals surface area contributed by atoms with Crippen molar-refractivity contribution >= 4 is 10.8 Å². The van der Waals surface area contributed by atoms with Gasteiger partial charge in [0.1, 0.15) is 0 Å². The smallest absolute Gasteiger partial charge is 0.160 e. The topological polar surface area (TPSA) is 25.8 Å². The van der Waals surface area contributed by atoms with Crippen molar-refractivity contribution in [2.45, 2.75) is 37.5 Å². The summed E-state index contributed by atoms with van der Waals surface area (Å²) in [6.07, 6.45) is 6.30. The summed E-state index contributed by atoms with van der Waals surface area (Å²) in [6, 6.07) is 43.7. The second-order valence-corrected chi connectivity index (χ2v) is 11.3. The van der Waals surface area contributed by atoms with Gasteiger partial charge in [-0.15, -0.1) is 0 Å². The third kappa shape index (κ3) is 3.63. The molecule has 0 unspecified atom stereocenters. The molecule has 2 heteroatoms. The van der Waals surface area contributed by atoms with Crippen molar-refractivity contribution in [2.24, 2.45) is 0 Å². The van der Waals surface area contributed by atoms with Gasteiger partial charge in [-0.25, -0.2) is 9.97 Å². The zero-order valence-corrected chi connectivity index (χ0v) is 22.5. The van der Waals surface area contributed by atoms with Crippen LogP contribution in [-0.4, -0.2) is 9.97 Å². The molecule has 1 aromatic heterocycles. The molecule has 1 saturated carbocycles. The van der Waals surface area contributed by atoms with Crippen LogP contribution in [0.3, 0.4) is 0 Å². The minimum Gasteiger partial charge on any atom is -0.228 e.